The topological polar surface area (TPSA) is 89.8 Å². The normalized spacial score (nSPS) is 38.0. The van der Waals surface area contributed by atoms with Crippen LogP contribution in [-0.2, 0) is 4.79 Å². The van der Waals surface area contributed by atoms with E-state index >= 15 is 0 Å². The molecule has 0 unspecified atom stereocenters. The molecule has 0 aromatic heterocycles. The third kappa shape index (κ3) is 2.60. The lowest BCUT2D eigenvalue weighted by Crippen LogP contribution is -2.53. The van der Waals surface area contributed by atoms with Crippen LogP contribution >= 0.6 is 11.8 Å². The summed E-state index contributed by atoms with van der Waals surface area (Å²) in [7, 11) is 0. The van der Waals surface area contributed by atoms with Crippen molar-refractivity contribution in [3.05, 3.63) is 0 Å². The van der Waals surface area contributed by atoms with Crippen LogP contribution in [0.3, 0.4) is 0 Å². The van der Waals surface area contributed by atoms with E-state index in [1.54, 1.807) is 0 Å². The molecule has 0 radical (unpaired) electrons. The minimum Gasteiger partial charge on any atom is -0.396 e. The summed E-state index contributed by atoms with van der Waals surface area (Å²) in [6.45, 7) is 1.20. The summed E-state index contributed by atoms with van der Waals surface area (Å²) in [5.74, 6) is -0.0316. The van der Waals surface area contributed by atoms with Crippen molar-refractivity contribution in [3.63, 3.8) is 0 Å². The van der Waals surface area contributed by atoms with Gasteiger partial charge in [-0.05, 0) is 0 Å². The molecule has 82 valence electrons. The van der Waals surface area contributed by atoms with E-state index in [-0.39, 0.29) is 18.4 Å². The molecule has 1 heterocycles. The summed E-state index contributed by atoms with van der Waals surface area (Å²) in [6, 6.07) is 0. The lowest BCUT2D eigenvalue weighted by Gasteiger charge is -2.36. The Morgan fingerprint density at radius 2 is 2.14 bits per heavy atom. The molecular formula is C8H15NO4S. The highest BCUT2D eigenvalue weighted by Gasteiger charge is 2.37. The number of carbonyl (C=O) groups is 1. The molecule has 0 spiro atoms. The van der Waals surface area contributed by atoms with Gasteiger partial charge in [-0.25, -0.2) is 0 Å². The Balaban J connectivity index is 2.54. The zero-order valence-corrected chi connectivity index (χ0v) is 8.70. The molecule has 1 fully saturated rings. The first kappa shape index (κ1) is 11.8. The zero-order valence-electron chi connectivity index (χ0n) is 7.88. The number of carbonyl (C=O) groups excluding carboxylic acids is 1. The minimum absolute atomic E-state index is 0.155. The van der Waals surface area contributed by atoms with E-state index in [0.717, 1.165) is 0 Å². The largest absolute Gasteiger partial charge is 0.396 e. The average molecular weight is 221 g/mol. The van der Waals surface area contributed by atoms with Crippen LogP contribution in [0.1, 0.15) is 6.92 Å². The average Bonchev–Trinajstić information content (AvgIpc) is 2.13. The van der Waals surface area contributed by atoms with Crippen molar-refractivity contribution in [2.45, 2.75) is 24.5 Å². The van der Waals surface area contributed by atoms with Crippen LogP contribution in [0.2, 0.25) is 0 Å². The van der Waals surface area contributed by atoms with Crippen molar-refractivity contribution in [3.8, 4) is 0 Å². The Bertz CT molecular complexity index is 214. The van der Waals surface area contributed by atoms with Crippen molar-refractivity contribution in [1.29, 1.82) is 0 Å². The third-order valence-electron chi connectivity index (χ3n) is 2.21. The number of nitrogens with one attached hydrogen (secondary N) is 1. The second kappa shape index (κ2) is 4.97. The predicted octanol–water partition coefficient (Wildman–Crippen LogP) is -1.47. The summed E-state index contributed by atoms with van der Waals surface area (Å²) in [5.41, 5.74) is 0. The Hall–Kier alpha value is -0.300. The molecule has 1 rings (SSSR count). The predicted molar refractivity (Wildman–Crippen MR) is 52.7 cm³/mol. The summed E-state index contributed by atoms with van der Waals surface area (Å²) in [5, 5.41) is 30.1. The van der Waals surface area contributed by atoms with Crippen molar-refractivity contribution in [1.82, 2.24) is 5.32 Å². The maximum absolute atomic E-state index is 10.7. The van der Waals surface area contributed by atoms with Gasteiger partial charge in [0.25, 0.3) is 0 Å². The SMILES string of the molecule is CC(=O)N[C@H]1SC[C@H](CO)[C@H](O)[C@@H]1O. The van der Waals surface area contributed by atoms with Crippen molar-refractivity contribution in [2.75, 3.05) is 12.4 Å². The van der Waals surface area contributed by atoms with Gasteiger partial charge < -0.3 is 20.6 Å². The Kier molecular flexibility index (Phi) is 4.18. The number of thioether (sulfide) groups is 1. The van der Waals surface area contributed by atoms with Crippen LogP contribution in [0.25, 0.3) is 0 Å². The standard InChI is InChI=1S/C8H15NO4S/c1-4(11)9-8-7(13)6(12)5(2-10)3-14-8/h5-8,10,12-13H,2-3H2,1H3,(H,9,11)/t5-,6-,7-,8-/m0/s1. The maximum atomic E-state index is 10.7. The summed E-state index contributed by atoms with van der Waals surface area (Å²) in [6.07, 6.45) is -1.99. The fourth-order valence-corrected chi connectivity index (χ4v) is 2.74. The molecule has 1 aliphatic heterocycles. The van der Waals surface area contributed by atoms with Gasteiger partial charge in [0.15, 0.2) is 0 Å². The molecular weight excluding hydrogens is 206 g/mol. The summed E-state index contributed by atoms with van der Waals surface area (Å²) >= 11 is 1.33. The Morgan fingerprint density at radius 3 is 2.64 bits per heavy atom. The van der Waals surface area contributed by atoms with Crippen molar-refractivity contribution >= 4 is 17.7 Å². The number of aliphatic hydroxyl groups excluding tert-OH is 3. The van der Waals surface area contributed by atoms with Gasteiger partial charge in [0.2, 0.25) is 5.91 Å². The molecule has 4 N–H and O–H groups in total. The number of rotatable bonds is 2. The van der Waals surface area contributed by atoms with Gasteiger partial charge in [0.05, 0.1) is 6.10 Å². The quantitative estimate of drug-likeness (QED) is 0.457. The van der Waals surface area contributed by atoms with Gasteiger partial charge in [0, 0.05) is 25.2 Å². The molecule has 0 aromatic rings. The molecule has 1 aliphatic rings. The highest BCUT2D eigenvalue weighted by molar-refractivity contribution is 8.00. The van der Waals surface area contributed by atoms with E-state index in [9.17, 15) is 15.0 Å². The van der Waals surface area contributed by atoms with Crippen LogP contribution in [0.5, 0.6) is 0 Å². The van der Waals surface area contributed by atoms with Crippen molar-refractivity contribution in [2.24, 2.45) is 5.92 Å². The van der Waals surface area contributed by atoms with Gasteiger partial charge in [-0.2, -0.15) is 0 Å². The molecule has 0 aliphatic carbocycles. The van der Waals surface area contributed by atoms with Gasteiger partial charge in [-0.15, -0.1) is 11.8 Å². The molecule has 0 bridgehead atoms. The number of aliphatic hydroxyl groups is 3. The monoisotopic (exact) mass is 221 g/mol. The lowest BCUT2D eigenvalue weighted by molar-refractivity contribution is -0.120. The van der Waals surface area contributed by atoms with E-state index in [2.05, 4.69) is 5.32 Å². The first-order valence-electron chi connectivity index (χ1n) is 4.42. The molecule has 6 heteroatoms. The van der Waals surface area contributed by atoms with Crippen molar-refractivity contribution < 1.29 is 20.1 Å². The van der Waals surface area contributed by atoms with Gasteiger partial charge >= 0.3 is 0 Å². The molecule has 4 atom stereocenters. The second-order valence-corrected chi connectivity index (χ2v) is 4.55. The van der Waals surface area contributed by atoms with Gasteiger partial charge in [-0.3, -0.25) is 4.79 Å². The lowest BCUT2D eigenvalue weighted by atomic mass is 9.99. The van der Waals surface area contributed by atoms with Crippen LogP contribution < -0.4 is 5.32 Å². The molecule has 14 heavy (non-hydrogen) atoms. The number of hydrogen-bond donors (Lipinski definition) is 4. The van der Waals surface area contributed by atoms with Crippen LogP contribution in [0, 0.1) is 5.92 Å². The van der Waals surface area contributed by atoms with E-state index in [1.807, 2.05) is 0 Å². The fourth-order valence-electron chi connectivity index (χ4n) is 1.37. The van der Waals surface area contributed by atoms with E-state index < -0.39 is 17.6 Å². The Morgan fingerprint density at radius 1 is 1.50 bits per heavy atom. The molecule has 1 saturated heterocycles. The second-order valence-electron chi connectivity index (χ2n) is 3.38. The molecule has 0 saturated carbocycles. The molecule has 0 aromatic carbocycles. The van der Waals surface area contributed by atoms with Gasteiger partial charge in [0.1, 0.15) is 11.5 Å². The number of hydrogen-bond acceptors (Lipinski definition) is 5. The van der Waals surface area contributed by atoms with Crippen LogP contribution in [0.4, 0.5) is 0 Å². The molecule has 5 nitrogen and oxygen atoms in total. The van der Waals surface area contributed by atoms with Crippen LogP contribution in [0.15, 0.2) is 0 Å². The summed E-state index contributed by atoms with van der Waals surface area (Å²) < 4.78 is 0. The van der Waals surface area contributed by atoms with E-state index in [4.69, 9.17) is 5.11 Å². The first-order chi connectivity index (χ1) is 6.56. The molecule has 1 amide bonds. The maximum Gasteiger partial charge on any atom is 0.217 e. The van der Waals surface area contributed by atoms with Gasteiger partial charge in [-0.1, -0.05) is 0 Å². The zero-order chi connectivity index (χ0) is 10.7. The minimum atomic E-state index is -1.02. The summed E-state index contributed by atoms with van der Waals surface area (Å²) in [4.78, 5) is 10.7. The number of amides is 1. The highest BCUT2D eigenvalue weighted by atomic mass is 32.2. The fraction of sp³-hybridized carbons (Fsp3) is 0.875. The third-order valence-corrected chi connectivity index (χ3v) is 3.59. The van der Waals surface area contributed by atoms with E-state index in [1.165, 1.54) is 18.7 Å². The highest BCUT2D eigenvalue weighted by Crippen LogP contribution is 2.28. The first-order valence-corrected chi connectivity index (χ1v) is 5.47. The Labute approximate surface area is 86.5 Å². The smallest absolute Gasteiger partial charge is 0.217 e. The van der Waals surface area contributed by atoms with Crippen LogP contribution in [-0.4, -0.2) is 51.2 Å². The van der Waals surface area contributed by atoms with E-state index in [0.29, 0.717) is 5.75 Å².